The fraction of sp³-hybridized carbons (Fsp3) is 0.300. The number of carbonyl (C=O) groups excluding carboxylic acids is 1. The third-order valence-corrected chi connectivity index (χ3v) is 2.94. The smallest absolute Gasteiger partial charge is 0.294 e. The average Bonchev–Trinajstić information content (AvgIpc) is 2.16. The van der Waals surface area contributed by atoms with Crippen molar-refractivity contribution in [3.8, 4) is 0 Å². The number of hydrogen-bond acceptors (Lipinski definition) is 4. The second kappa shape index (κ2) is 5.09. The standard InChI is InChI=1S/C10H12O5S/c11-10(12)3-1-2-8-4-6-9(7-5-8)16(13,14)15/h4-7H,1-3H2,(H,11,12)(H,13,14,15)/p-1. The Morgan fingerprint density at radius 2 is 1.81 bits per heavy atom. The van der Waals surface area contributed by atoms with Crippen LogP contribution in [0.25, 0.3) is 0 Å². The van der Waals surface area contributed by atoms with Crippen molar-refractivity contribution in [1.82, 2.24) is 0 Å². The molecular weight excluding hydrogens is 232 g/mol. The van der Waals surface area contributed by atoms with Crippen LogP contribution in [0.15, 0.2) is 29.2 Å². The number of hydrogen-bond donors (Lipinski definition) is 1. The predicted octanol–water partition coefficient (Wildman–Crippen LogP) is 0.00590. The highest BCUT2D eigenvalue weighted by atomic mass is 32.2. The highest BCUT2D eigenvalue weighted by Crippen LogP contribution is 2.11. The van der Waals surface area contributed by atoms with Crippen LogP contribution >= 0.6 is 0 Å². The van der Waals surface area contributed by atoms with Crippen molar-refractivity contribution in [3.05, 3.63) is 29.8 Å². The summed E-state index contributed by atoms with van der Waals surface area (Å²) in [6.45, 7) is 0. The van der Waals surface area contributed by atoms with Gasteiger partial charge in [0.1, 0.15) is 0 Å². The summed E-state index contributed by atoms with van der Waals surface area (Å²) in [6, 6.07) is 5.64. The monoisotopic (exact) mass is 243 g/mol. The van der Waals surface area contributed by atoms with E-state index in [2.05, 4.69) is 0 Å². The van der Waals surface area contributed by atoms with Gasteiger partial charge in [-0.3, -0.25) is 4.55 Å². The van der Waals surface area contributed by atoms with Gasteiger partial charge in [-0.1, -0.05) is 12.1 Å². The number of carboxylic acids is 1. The lowest BCUT2D eigenvalue weighted by molar-refractivity contribution is -0.305. The van der Waals surface area contributed by atoms with E-state index in [1.807, 2.05) is 0 Å². The summed E-state index contributed by atoms with van der Waals surface area (Å²) in [5, 5.41) is 10.2. The molecule has 88 valence electrons. The Hall–Kier alpha value is -1.40. The Morgan fingerprint density at radius 1 is 1.25 bits per heavy atom. The van der Waals surface area contributed by atoms with Crippen LogP contribution < -0.4 is 5.11 Å². The minimum absolute atomic E-state index is 0.0277. The fourth-order valence-electron chi connectivity index (χ4n) is 1.26. The highest BCUT2D eigenvalue weighted by Gasteiger charge is 2.07. The molecule has 1 aromatic rings. The van der Waals surface area contributed by atoms with E-state index in [0.29, 0.717) is 12.8 Å². The molecule has 0 heterocycles. The zero-order valence-electron chi connectivity index (χ0n) is 8.42. The van der Waals surface area contributed by atoms with Gasteiger partial charge in [0.15, 0.2) is 0 Å². The highest BCUT2D eigenvalue weighted by molar-refractivity contribution is 7.85. The molecule has 0 fully saturated rings. The molecule has 0 atom stereocenters. The zero-order valence-corrected chi connectivity index (χ0v) is 9.24. The average molecular weight is 243 g/mol. The summed E-state index contributed by atoms with van der Waals surface area (Å²) >= 11 is 0. The first-order valence-corrected chi connectivity index (χ1v) is 6.10. The minimum Gasteiger partial charge on any atom is -0.550 e. The first-order valence-electron chi connectivity index (χ1n) is 4.66. The molecular formula is C10H11O5S-. The molecule has 0 aliphatic carbocycles. The van der Waals surface area contributed by atoms with Crippen LogP contribution in [-0.2, 0) is 21.3 Å². The lowest BCUT2D eigenvalue weighted by atomic mass is 10.1. The molecule has 1 rings (SSSR count). The SMILES string of the molecule is O=C([O-])CCCc1ccc(S(=O)(=O)O)cc1. The number of carboxylic acid groups (broad SMARTS) is 1. The zero-order chi connectivity index (χ0) is 12.2. The number of rotatable bonds is 5. The van der Waals surface area contributed by atoms with E-state index in [1.165, 1.54) is 12.1 Å². The quantitative estimate of drug-likeness (QED) is 0.735. The van der Waals surface area contributed by atoms with E-state index in [0.717, 1.165) is 5.56 Å². The van der Waals surface area contributed by atoms with Gasteiger partial charge in [0, 0.05) is 5.97 Å². The van der Waals surface area contributed by atoms with Crippen LogP contribution in [0.1, 0.15) is 18.4 Å². The van der Waals surface area contributed by atoms with E-state index < -0.39 is 16.1 Å². The van der Waals surface area contributed by atoms with Crippen LogP contribution in [0.4, 0.5) is 0 Å². The molecule has 0 aliphatic rings. The first kappa shape index (κ1) is 12.7. The lowest BCUT2D eigenvalue weighted by Gasteiger charge is -2.03. The minimum atomic E-state index is -4.16. The Kier molecular flexibility index (Phi) is 4.03. The Labute approximate surface area is 93.5 Å². The molecule has 0 bridgehead atoms. The second-order valence-electron chi connectivity index (χ2n) is 3.34. The summed E-state index contributed by atoms with van der Waals surface area (Å²) < 4.78 is 30.1. The second-order valence-corrected chi connectivity index (χ2v) is 4.77. The van der Waals surface area contributed by atoms with Crippen molar-refractivity contribution in [2.75, 3.05) is 0 Å². The molecule has 5 nitrogen and oxygen atoms in total. The van der Waals surface area contributed by atoms with Crippen LogP contribution in [0, 0.1) is 0 Å². The van der Waals surface area contributed by atoms with Crippen molar-refractivity contribution in [3.63, 3.8) is 0 Å². The van der Waals surface area contributed by atoms with Gasteiger partial charge >= 0.3 is 0 Å². The predicted molar refractivity (Wildman–Crippen MR) is 54.2 cm³/mol. The molecule has 0 saturated carbocycles. The Morgan fingerprint density at radius 3 is 2.25 bits per heavy atom. The molecule has 0 saturated heterocycles. The van der Waals surface area contributed by atoms with Gasteiger partial charge in [-0.25, -0.2) is 0 Å². The summed E-state index contributed by atoms with van der Waals surface area (Å²) in [4.78, 5) is 9.98. The molecule has 0 unspecified atom stereocenters. The molecule has 0 aliphatic heterocycles. The summed E-state index contributed by atoms with van der Waals surface area (Å²) in [6.07, 6.45) is 0.938. The molecule has 0 amide bonds. The maximum atomic E-state index is 10.7. The van der Waals surface area contributed by atoms with Gasteiger partial charge in [-0.05, 0) is 37.0 Å². The first-order chi connectivity index (χ1) is 7.39. The topological polar surface area (TPSA) is 94.5 Å². The largest absolute Gasteiger partial charge is 0.550 e. The van der Waals surface area contributed by atoms with Gasteiger partial charge in [-0.15, -0.1) is 0 Å². The molecule has 1 aromatic carbocycles. The Bertz CT molecular complexity index is 460. The van der Waals surface area contributed by atoms with Crippen molar-refractivity contribution in [1.29, 1.82) is 0 Å². The third kappa shape index (κ3) is 4.00. The van der Waals surface area contributed by atoms with Crippen LogP contribution in [-0.4, -0.2) is 18.9 Å². The molecule has 16 heavy (non-hydrogen) atoms. The van der Waals surface area contributed by atoms with Gasteiger partial charge in [0.2, 0.25) is 0 Å². The van der Waals surface area contributed by atoms with Crippen molar-refractivity contribution >= 4 is 16.1 Å². The molecule has 0 aromatic heterocycles. The van der Waals surface area contributed by atoms with Gasteiger partial charge in [-0.2, -0.15) is 8.42 Å². The maximum absolute atomic E-state index is 10.7. The van der Waals surface area contributed by atoms with Gasteiger partial charge in [0.25, 0.3) is 10.1 Å². The summed E-state index contributed by atoms with van der Waals surface area (Å²) in [7, 11) is -4.16. The summed E-state index contributed by atoms with van der Waals surface area (Å²) in [5.74, 6) is -1.10. The molecule has 0 spiro atoms. The van der Waals surface area contributed by atoms with Gasteiger partial charge < -0.3 is 9.90 Å². The maximum Gasteiger partial charge on any atom is 0.294 e. The van der Waals surface area contributed by atoms with Crippen LogP contribution in [0.2, 0.25) is 0 Å². The van der Waals surface area contributed by atoms with Crippen LogP contribution in [0.3, 0.4) is 0 Å². The van der Waals surface area contributed by atoms with E-state index in [-0.39, 0.29) is 11.3 Å². The number of benzene rings is 1. The van der Waals surface area contributed by atoms with Crippen molar-refractivity contribution < 1.29 is 22.9 Å². The third-order valence-electron chi connectivity index (χ3n) is 2.07. The van der Waals surface area contributed by atoms with Crippen LogP contribution in [0.5, 0.6) is 0 Å². The molecule has 6 heteroatoms. The molecule has 1 N–H and O–H groups in total. The number of aryl methyl sites for hydroxylation is 1. The fourth-order valence-corrected chi connectivity index (χ4v) is 1.74. The van der Waals surface area contributed by atoms with Gasteiger partial charge in [0.05, 0.1) is 4.90 Å². The van der Waals surface area contributed by atoms with E-state index in [9.17, 15) is 18.3 Å². The normalized spacial score (nSPS) is 11.3. The van der Waals surface area contributed by atoms with Crippen molar-refractivity contribution in [2.45, 2.75) is 24.2 Å². The summed E-state index contributed by atoms with van der Waals surface area (Å²) in [5.41, 5.74) is 0.814. The Balaban J connectivity index is 2.62. The lowest BCUT2D eigenvalue weighted by Crippen LogP contribution is -2.21. The number of aliphatic carboxylic acids is 1. The number of carbonyl (C=O) groups is 1. The van der Waals surface area contributed by atoms with Crippen molar-refractivity contribution in [2.24, 2.45) is 0 Å². The van der Waals surface area contributed by atoms with E-state index in [1.54, 1.807) is 12.1 Å². The van der Waals surface area contributed by atoms with E-state index in [4.69, 9.17) is 4.55 Å². The van der Waals surface area contributed by atoms with E-state index >= 15 is 0 Å². The molecule has 0 radical (unpaired) electrons.